The van der Waals surface area contributed by atoms with Gasteiger partial charge in [-0.1, -0.05) is 6.42 Å². The van der Waals surface area contributed by atoms with Crippen molar-refractivity contribution in [1.29, 1.82) is 0 Å². The maximum absolute atomic E-state index is 9.96. The van der Waals surface area contributed by atoms with Crippen LogP contribution in [0.1, 0.15) is 50.8 Å². The quantitative estimate of drug-likeness (QED) is 0.371. The van der Waals surface area contributed by atoms with Crippen molar-refractivity contribution < 1.29 is 5.11 Å². The van der Waals surface area contributed by atoms with Crippen molar-refractivity contribution in [3.05, 3.63) is 12.2 Å². The second-order valence-electron chi connectivity index (χ2n) is 6.58. The normalized spacial score (nSPS) is 25.6. The summed E-state index contributed by atoms with van der Waals surface area (Å²) in [5.41, 5.74) is 0. The lowest BCUT2D eigenvalue weighted by Crippen LogP contribution is -2.45. The zero-order valence-corrected chi connectivity index (χ0v) is 16.6. The molecule has 0 radical (unpaired) electrons. The zero-order valence-electron chi connectivity index (χ0n) is 14.3. The molecule has 0 bridgehead atoms. The van der Waals surface area contributed by atoms with Gasteiger partial charge in [0, 0.05) is 38.0 Å². The number of guanidine groups is 1. The average Bonchev–Trinajstić information content (AvgIpc) is 3.24. The number of aliphatic hydroxyl groups excluding tert-OH is 1. The molecular formula is C16H29IN6O. The number of halogens is 1. The molecule has 3 rings (SSSR count). The highest BCUT2D eigenvalue weighted by Crippen LogP contribution is 2.27. The van der Waals surface area contributed by atoms with Gasteiger partial charge in [-0.2, -0.15) is 5.10 Å². The van der Waals surface area contributed by atoms with Gasteiger partial charge in [0.2, 0.25) is 0 Å². The summed E-state index contributed by atoms with van der Waals surface area (Å²) in [5.74, 6) is 2.78. The number of aliphatic imine (C=N–C) groups is 1. The summed E-state index contributed by atoms with van der Waals surface area (Å²) in [6.45, 7) is 5.65. The summed E-state index contributed by atoms with van der Waals surface area (Å²) >= 11 is 0. The van der Waals surface area contributed by atoms with E-state index in [0.29, 0.717) is 11.8 Å². The van der Waals surface area contributed by atoms with Crippen LogP contribution in [-0.4, -0.2) is 63.4 Å². The van der Waals surface area contributed by atoms with Crippen LogP contribution in [0.25, 0.3) is 0 Å². The number of nitrogens with zero attached hydrogens (tertiary/aromatic N) is 4. The number of H-pyrrole nitrogens is 1. The molecule has 1 aliphatic heterocycles. The molecule has 1 aromatic heterocycles. The van der Waals surface area contributed by atoms with Gasteiger partial charge in [0.15, 0.2) is 5.96 Å². The summed E-state index contributed by atoms with van der Waals surface area (Å²) in [6, 6.07) is 0. The molecule has 1 saturated heterocycles. The lowest BCUT2D eigenvalue weighted by atomic mass is 9.96. The predicted octanol–water partition coefficient (Wildman–Crippen LogP) is 1.73. The molecule has 2 unspecified atom stereocenters. The number of aromatic amines is 1. The third-order valence-electron chi connectivity index (χ3n) is 5.04. The molecule has 24 heavy (non-hydrogen) atoms. The fraction of sp³-hybridized carbons (Fsp3) is 0.812. The van der Waals surface area contributed by atoms with E-state index in [1.807, 2.05) is 0 Å². The highest BCUT2D eigenvalue weighted by atomic mass is 127. The molecule has 2 atom stereocenters. The molecule has 2 fully saturated rings. The Labute approximate surface area is 160 Å². The Hall–Kier alpha value is -0.900. The number of likely N-dealkylation sites (tertiary alicyclic amines) is 1. The first-order valence-corrected chi connectivity index (χ1v) is 8.84. The third kappa shape index (κ3) is 4.81. The van der Waals surface area contributed by atoms with E-state index in [0.717, 1.165) is 70.1 Å². The van der Waals surface area contributed by atoms with E-state index in [1.165, 1.54) is 0 Å². The molecule has 1 saturated carbocycles. The Bertz CT molecular complexity index is 501. The standard InChI is InChI=1S/C16H28N6O.HI/c1-2-17-16(18-10-13-4-3-5-14(13)23)22-8-6-12(7-9-22)15-19-11-20-21-15;/h11-14,23H,2-10H2,1H3,(H,17,18)(H,19,20,21);1H. The first-order valence-electron chi connectivity index (χ1n) is 8.84. The van der Waals surface area contributed by atoms with Crippen LogP contribution >= 0.6 is 24.0 Å². The van der Waals surface area contributed by atoms with E-state index in [9.17, 15) is 5.11 Å². The first kappa shape index (κ1) is 19.4. The number of hydrogen-bond donors (Lipinski definition) is 3. The van der Waals surface area contributed by atoms with Gasteiger partial charge in [-0.05, 0) is 32.6 Å². The molecule has 3 N–H and O–H groups in total. The van der Waals surface area contributed by atoms with E-state index in [2.05, 4.69) is 32.3 Å². The Kier molecular flexibility index (Phi) is 7.73. The van der Waals surface area contributed by atoms with Crippen LogP contribution in [-0.2, 0) is 0 Å². The smallest absolute Gasteiger partial charge is 0.193 e. The molecule has 8 heteroatoms. The van der Waals surface area contributed by atoms with Gasteiger partial charge in [-0.15, -0.1) is 24.0 Å². The molecular weight excluding hydrogens is 419 g/mol. The van der Waals surface area contributed by atoms with Crippen LogP contribution in [0.15, 0.2) is 11.3 Å². The Morgan fingerprint density at radius 2 is 2.17 bits per heavy atom. The molecule has 136 valence electrons. The fourth-order valence-electron chi connectivity index (χ4n) is 3.64. The number of hydrogen-bond acceptors (Lipinski definition) is 4. The maximum Gasteiger partial charge on any atom is 0.193 e. The highest BCUT2D eigenvalue weighted by Gasteiger charge is 2.27. The number of rotatable bonds is 4. The van der Waals surface area contributed by atoms with Crippen LogP contribution in [0.5, 0.6) is 0 Å². The summed E-state index contributed by atoms with van der Waals surface area (Å²) in [7, 11) is 0. The lowest BCUT2D eigenvalue weighted by Gasteiger charge is -2.33. The molecule has 2 heterocycles. The van der Waals surface area contributed by atoms with Gasteiger partial charge in [0.05, 0.1) is 6.10 Å². The Morgan fingerprint density at radius 3 is 2.75 bits per heavy atom. The number of nitrogens with one attached hydrogen (secondary N) is 2. The minimum Gasteiger partial charge on any atom is -0.393 e. The summed E-state index contributed by atoms with van der Waals surface area (Å²) in [6.07, 6.45) is 6.69. The molecule has 1 aromatic rings. The molecule has 2 aliphatic rings. The summed E-state index contributed by atoms with van der Waals surface area (Å²) < 4.78 is 0. The van der Waals surface area contributed by atoms with Gasteiger partial charge in [0.1, 0.15) is 12.2 Å². The zero-order chi connectivity index (χ0) is 16.1. The topological polar surface area (TPSA) is 89.4 Å². The van der Waals surface area contributed by atoms with Crippen molar-refractivity contribution in [3.8, 4) is 0 Å². The van der Waals surface area contributed by atoms with Crippen molar-refractivity contribution in [2.75, 3.05) is 26.2 Å². The number of aromatic nitrogens is 3. The van der Waals surface area contributed by atoms with Crippen LogP contribution < -0.4 is 5.32 Å². The fourth-order valence-corrected chi connectivity index (χ4v) is 3.64. The minimum atomic E-state index is -0.168. The Morgan fingerprint density at radius 1 is 1.38 bits per heavy atom. The second-order valence-corrected chi connectivity index (χ2v) is 6.58. The monoisotopic (exact) mass is 448 g/mol. The Balaban J connectivity index is 0.00000208. The van der Waals surface area contributed by atoms with Gasteiger partial charge in [0.25, 0.3) is 0 Å². The van der Waals surface area contributed by atoms with Crippen LogP contribution in [0.2, 0.25) is 0 Å². The average molecular weight is 448 g/mol. The van der Waals surface area contributed by atoms with Crippen molar-refractivity contribution >= 4 is 29.9 Å². The van der Waals surface area contributed by atoms with E-state index < -0.39 is 0 Å². The molecule has 1 aliphatic carbocycles. The van der Waals surface area contributed by atoms with E-state index in [1.54, 1.807) is 6.33 Å². The molecule has 0 amide bonds. The summed E-state index contributed by atoms with van der Waals surface area (Å²) in [5, 5.41) is 20.3. The summed E-state index contributed by atoms with van der Waals surface area (Å²) in [4.78, 5) is 11.4. The number of aliphatic hydroxyl groups is 1. The molecule has 0 aromatic carbocycles. The van der Waals surface area contributed by atoms with Crippen LogP contribution in [0.4, 0.5) is 0 Å². The third-order valence-corrected chi connectivity index (χ3v) is 5.04. The predicted molar refractivity (Wildman–Crippen MR) is 105 cm³/mol. The van der Waals surface area contributed by atoms with Crippen LogP contribution in [0, 0.1) is 5.92 Å². The molecule has 0 spiro atoms. The SMILES string of the molecule is CCNC(=NCC1CCCC1O)N1CCC(c2ncn[nH]2)CC1.I. The first-order chi connectivity index (χ1) is 11.3. The minimum absolute atomic E-state index is 0. The molecule has 7 nitrogen and oxygen atoms in total. The van der Waals surface area contributed by atoms with Crippen molar-refractivity contribution in [2.45, 2.75) is 51.0 Å². The maximum atomic E-state index is 9.96. The second kappa shape index (κ2) is 9.55. The van der Waals surface area contributed by atoms with Crippen molar-refractivity contribution in [1.82, 2.24) is 25.4 Å². The van der Waals surface area contributed by atoms with E-state index in [-0.39, 0.29) is 30.1 Å². The van der Waals surface area contributed by atoms with Crippen molar-refractivity contribution in [2.24, 2.45) is 10.9 Å². The number of piperidine rings is 1. The van der Waals surface area contributed by atoms with Gasteiger partial charge in [-0.25, -0.2) is 4.98 Å². The van der Waals surface area contributed by atoms with Gasteiger partial charge in [-0.3, -0.25) is 10.1 Å². The largest absolute Gasteiger partial charge is 0.393 e. The van der Waals surface area contributed by atoms with Gasteiger partial charge >= 0.3 is 0 Å². The van der Waals surface area contributed by atoms with Gasteiger partial charge < -0.3 is 15.3 Å². The van der Waals surface area contributed by atoms with Crippen LogP contribution in [0.3, 0.4) is 0 Å². The van der Waals surface area contributed by atoms with E-state index in [4.69, 9.17) is 4.99 Å². The van der Waals surface area contributed by atoms with E-state index >= 15 is 0 Å². The lowest BCUT2D eigenvalue weighted by molar-refractivity contribution is 0.136. The van der Waals surface area contributed by atoms with Crippen molar-refractivity contribution in [3.63, 3.8) is 0 Å². The highest BCUT2D eigenvalue weighted by molar-refractivity contribution is 14.0.